The lowest BCUT2D eigenvalue weighted by atomic mass is 10.3. The van der Waals surface area contributed by atoms with Crippen LogP contribution in [-0.4, -0.2) is 35.4 Å². The third-order valence-electron chi connectivity index (χ3n) is 1.15. The van der Waals surface area contributed by atoms with Crippen molar-refractivity contribution in [3.05, 3.63) is 30.1 Å². The van der Waals surface area contributed by atoms with Gasteiger partial charge in [-0.05, 0) is 12.1 Å². The summed E-state index contributed by atoms with van der Waals surface area (Å²) in [5.41, 5.74) is 0.718. The summed E-state index contributed by atoms with van der Waals surface area (Å²) in [5, 5.41) is 10.5. The number of rotatable bonds is 2. The lowest BCUT2D eigenvalue weighted by Crippen LogP contribution is -2.20. The van der Waals surface area contributed by atoms with Gasteiger partial charge in [0, 0.05) is 6.20 Å². The number of pyridine rings is 1. The first kappa shape index (κ1) is 14.3. The quantitative estimate of drug-likeness (QED) is 0.650. The molecule has 0 aliphatic heterocycles. The molecule has 1 heterocycles. The van der Waals surface area contributed by atoms with Crippen LogP contribution in [0.4, 0.5) is 4.79 Å². The number of carbonyl (C=O) groups is 1. The molecule has 3 N–H and O–H groups in total. The second kappa shape index (κ2) is 6.75. The molecule has 8 heteroatoms. The Morgan fingerprint density at radius 3 is 2.44 bits per heavy atom. The third kappa shape index (κ3) is 12.3. The van der Waals surface area contributed by atoms with Gasteiger partial charge in [0.15, 0.2) is 0 Å². The third-order valence-corrected chi connectivity index (χ3v) is 1.15. The van der Waals surface area contributed by atoms with E-state index in [1.54, 1.807) is 18.3 Å². The molecular weight excluding hydrogens is 236 g/mol. The van der Waals surface area contributed by atoms with E-state index in [1.807, 2.05) is 6.07 Å². The summed E-state index contributed by atoms with van der Waals surface area (Å²) in [6, 6.07) is 5.35. The van der Waals surface area contributed by atoms with E-state index in [2.05, 4.69) is 10.3 Å². The highest BCUT2D eigenvalue weighted by Crippen LogP contribution is 1.90. The molecule has 7 nitrogen and oxygen atoms in total. The van der Waals surface area contributed by atoms with Crippen molar-refractivity contribution in [2.24, 2.45) is 0 Å². The fourth-order valence-corrected chi connectivity index (χ4v) is 0.669. The maximum Gasteiger partial charge on any atom is 0.404 e. The Hall–Kier alpha value is -1.67. The first-order valence-corrected chi connectivity index (χ1v) is 5.93. The zero-order valence-corrected chi connectivity index (χ0v) is 9.31. The van der Waals surface area contributed by atoms with Crippen LogP contribution in [0, 0.1) is 0 Å². The van der Waals surface area contributed by atoms with E-state index in [4.69, 9.17) is 9.66 Å². The maximum atomic E-state index is 10.0. The van der Waals surface area contributed by atoms with Crippen molar-refractivity contribution in [1.29, 1.82) is 0 Å². The van der Waals surface area contributed by atoms with E-state index in [-0.39, 0.29) is 6.54 Å². The van der Waals surface area contributed by atoms with Crippen molar-refractivity contribution >= 4 is 16.2 Å². The highest BCUT2D eigenvalue weighted by atomic mass is 32.2. The molecule has 1 aromatic heterocycles. The molecule has 0 spiro atoms. The number of hydrogen-bond donors (Lipinski definition) is 3. The molecule has 1 amide bonds. The zero-order chi connectivity index (χ0) is 12.6. The first-order chi connectivity index (χ1) is 7.29. The standard InChI is InChI=1S/C7H8N2O2.CH4O3S/c10-7(11)9-5-6-3-1-2-4-8-6;1-5(2,3)4/h1-4,9H,5H2,(H,10,11);1H3,(H,2,3,4). The van der Waals surface area contributed by atoms with Gasteiger partial charge in [-0.2, -0.15) is 8.42 Å². The Labute approximate surface area is 92.9 Å². The number of nitrogens with zero attached hydrogens (tertiary/aromatic N) is 1. The fourth-order valence-electron chi connectivity index (χ4n) is 0.669. The highest BCUT2D eigenvalue weighted by Gasteiger charge is 1.94. The van der Waals surface area contributed by atoms with Gasteiger partial charge in [0.25, 0.3) is 10.1 Å². The van der Waals surface area contributed by atoms with Gasteiger partial charge >= 0.3 is 6.09 Å². The van der Waals surface area contributed by atoms with E-state index >= 15 is 0 Å². The lowest BCUT2D eigenvalue weighted by Gasteiger charge is -1.97. The Kier molecular flexibility index (Phi) is 6.04. The van der Waals surface area contributed by atoms with Crippen LogP contribution in [0.25, 0.3) is 0 Å². The van der Waals surface area contributed by atoms with E-state index in [0.29, 0.717) is 6.26 Å². The monoisotopic (exact) mass is 248 g/mol. The van der Waals surface area contributed by atoms with Crippen LogP contribution in [0.15, 0.2) is 24.4 Å². The van der Waals surface area contributed by atoms with E-state index in [0.717, 1.165) is 5.69 Å². The molecule has 0 unspecified atom stereocenters. The van der Waals surface area contributed by atoms with Crippen LogP contribution < -0.4 is 5.32 Å². The minimum atomic E-state index is -3.67. The van der Waals surface area contributed by atoms with Crippen LogP contribution in [0.5, 0.6) is 0 Å². The van der Waals surface area contributed by atoms with E-state index < -0.39 is 16.2 Å². The molecule has 0 aliphatic rings. The van der Waals surface area contributed by atoms with Gasteiger partial charge in [-0.3, -0.25) is 9.54 Å². The van der Waals surface area contributed by atoms with Gasteiger partial charge in [-0.25, -0.2) is 4.79 Å². The zero-order valence-electron chi connectivity index (χ0n) is 8.49. The van der Waals surface area contributed by atoms with Gasteiger partial charge in [-0.1, -0.05) is 6.07 Å². The summed E-state index contributed by atoms with van der Waals surface area (Å²) < 4.78 is 25.9. The van der Waals surface area contributed by atoms with Crippen LogP contribution in [0.2, 0.25) is 0 Å². The summed E-state index contributed by atoms with van der Waals surface area (Å²) in [4.78, 5) is 14.0. The van der Waals surface area contributed by atoms with Crippen LogP contribution in [0.1, 0.15) is 5.69 Å². The largest absolute Gasteiger partial charge is 0.465 e. The minimum Gasteiger partial charge on any atom is -0.465 e. The second-order valence-corrected chi connectivity index (χ2v) is 4.18. The molecule has 0 saturated carbocycles. The summed E-state index contributed by atoms with van der Waals surface area (Å²) in [5.74, 6) is 0. The fraction of sp³-hybridized carbons (Fsp3) is 0.250. The normalized spacial score (nSPS) is 9.88. The Balaban J connectivity index is 0.000000385. The van der Waals surface area contributed by atoms with Crippen molar-refractivity contribution in [3.63, 3.8) is 0 Å². The predicted octanol–water partition coefficient (Wildman–Crippen LogP) is 0.353. The van der Waals surface area contributed by atoms with Crippen molar-refractivity contribution in [2.75, 3.05) is 6.26 Å². The van der Waals surface area contributed by atoms with Crippen LogP contribution >= 0.6 is 0 Å². The average Bonchev–Trinajstić information content (AvgIpc) is 2.14. The molecule has 0 radical (unpaired) electrons. The van der Waals surface area contributed by atoms with Gasteiger partial charge in [0.1, 0.15) is 0 Å². The lowest BCUT2D eigenvalue weighted by molar-refractivity contribution is 0.194. The summed E-state index contributed by atoms with van der Waals surface area (Å²) >= 11 is 0. The van der Waals surface area contributed by atoms with E-state index in [1.165, 1.54) is 0 Å². The molecule has 0 saturated heterocycles. The molecule has 0 atom stereocenters. The Morgan fingerprint density at radius 1 is 1.50 bits per heavy atom. The Morgan fingerprint density at radius 2 is 2.06 bits per heavy atom. The summed E-state index contributed by atoms with van der Waals surface area (Å²) in [6.45, 7) is 0.260. The van der Waals surface area contributed by atoms with Crippen LogP contribution in [-0.2, 0) is 16.7 Å². The van der Waals surface area contributed by atoms with Crippen LogP contribution in [0.3, 0.4) is 0 Å². The molecule has 90 valence electrons. The summed E-state index contributed by atoms with van der Waals surface area (Å²) in [7, 11) is -3.67. The van der Waals surface area contributed by atoms with Crippen molar-refractivity contribution in [3.8, 4) is 0 Å². The van der Waals surface area contributed by atoms with Crippen molar-refractivity contribution < 1.29 is 22.9 Å². The minimum absolute atomic E-state index is 0.260. The number of amides is 1. The summed E-state index contributed by atoms with van der Waals surface area (Å²) in [6.07, 6.45) is 1.31. The maximum absolute atomic E-state index is 10.0. The predicted molar refractivity (Wildman–Crippen MR) is 56.6 cm³/mol. The number of nitrogens with one attached hydrogen (secondary N) is 1. The molecule has 0 aliphatic carbocycles. The smallest absolute Gasteiger partial charge is 0.404 e. The van der Waals surface area contributed by atoms with Gasteiger partial charge < -0.3 is 10.4 Å². The van der Waals surface area contributed by atoms with Crippen molar-refractivity contribution in [1.82, 2.24) is 10.3 Å². The van der Waals surface area contributed by atoms with Gasteiger partial charge in [0.05, 0.1) is 18.5 Å². The van der Waals surface area contributed by atoms with Gasteiger partial charge in [0.2, 0.25) is 0 Å². The number of hydrogen-bond acceptors (Lipinski definition) is 4. The van der Waals surface area contributed by atoms with E-state index in [9.17, 15) is 13.2 Å². The molecule has 16 heavy (non-hydrogen) atoms. The molecule has 0 bridgehead atoms. The topological polar surface area (TPSA) is 117 Å². The van der Waals surface area contributed by atoms with Gasteiger partial charge in [-0.15, -0.1) is 0 Å². The molecule has 0 aromatic carbocycles. The SMILES string of the molecule is CS(=O)(=O)O.O=C(O)NCc1ccccn1. The highest BCUT2D eigenvalue weighted by molar-refractivity contribution is 7.85. The molecule has 1 aromatic rings. The molecule has 0 fully saturated rings. The number of aromatic nitrogens is 1. The average molecular weight is 248 g/mol. The molecule has 1 rings (SSSR count). The number of carboxylic acid groups (broad SMARTS) is 1. The second-order valence-electron chi connectivity index (χ2n) is 2.71. The molecular formula is C8H12N2O5S. The first-order valence-electron chi connectivity index (χ1n) is 4.08. The van der Waals surface area contributed by atoms with Crippen molar-refractivity contribution in [2.45, 2.75) is 6.54 Å². The Bertz CT molecular complexity index is 409.